The molecular formula is C18H25FN2O3. The van der Waals surface area contributed by atoms with Crippen molar-refractivity contribution in [2.45, 2.75) is 50.6 Å². The van der Waals surface area contributed by atoms with E-state index in [0.29, 0.717) is 19.6 Å². The molecule has 1 aromatic rings. The summed E-state index contributed by atoms with van der Waals surface area (Å²) in [4.78, 5) is 11.0. The highest BCUT2D eigenvalue weighted by Gasteiger charge is 2.45. The second-order valence-electron chi connectivity index (χ2n) is 6.56. The highest BCUT2D eigenvalue weighted by molar-refractivity contribution is 5.88. The molecule has 2 N–H and O–H groups in total. The van der Waals surface area contributed by atoms with Crippen LogP contribution in [0.4, 0.5) is 10.1 Å². The van der Waals surface area contributed by atoms with Gasteiger partial charge in [0.05, 0.1) is 13.2 Å². The molecule has 132 valence electrons. The minimum Gasteiger partial charge on any atom is -0.347 e. The molecule has 5 nitrogen and oxygen atoms in total. The summed E-state index contributed by atoms with van der Waals surface area (Å²) in [7, 11) is 0. The Labute approximate surface area is 141 Å². The molecule has 2 unspecified atom stereocenters. The first-order valence-corrected chi connectivity index (χ1v) is 8.58. The van der Waals surface area contributed by atoms with Crippen LogP contribution in [0.2, 0.25) is 0 Å². The van der Waals surface area contributed by atoms with Crippen molar-refractivity contribution < 1.29 is 18.7 Å². The maximum absolute atomic E-state index is 14.4. The van der Waals surface area contributed by atoms with E-state index in [1.165, 1.54) is 6.92 Å². The molecule has 1 aliphatic heterocycles. The van der Waals surface area contributed by atoms with Gasteiger partial charge in [-0.25, -0.2) is 4.39 Å². The zero-order chi connectivity index (χ0) is 17.0. The number of nitrogens with one attached hydrogen (secondary N) is 2. The standard InChI is InChI=1S/C18H25FN2O3/c1-13(22)21-15-4-2-14(3-5-15)7-9-20-17-6-8-18(12-16(17)19)23-10-11-24-18/h2-5,16-17,20H,6-12H2,1H3,(H,21,22). The lowest BCUT2D eigenvalue weighted by molar-refractivity contribution is -0.192. The molecule has 1 saturated heterocycles. The van der Waals surface area contributed by atoms with Gasteiger partial charge in [0.25, 0.3) is 0 Å². The van der Waals surface area contributed by atoms with E-state index in [2.05, 4.69) is 10.6 Å². The lowest BCUT2D eigenvalue weighted by atomic mass is 9.88. The van der Waals surface area contributed by atoms with Gasteiger partial charge in [-0.05, 0) is 37.1 Å². The fourth-order valence-electron chi connectivity index (χ4n) is 3.45. The predicted molar refractivity (Wildman–Crippen MR) is 89.6 cm³/mol. The Hall–Kier alpha value is -1.50. The van der Waals surface area contributed by atoms with Crippen molar-refractivity contribution in [3.63, 3.8) is 0 Å². The third-order valence-electron chi connectivity index (χ3n) is 4.69. The van der Waals surface area contributed by atoms with Gasteiger partial charge in [-0.3, -0.25) is 4.79 Å². The molecule has 3 rings (SSSR count). The van der Waals surface area contributed by atoms with Gasteiger partial charge in [0, 0.05) is 31.5 Å². The van der Waals surface area contributed by atoms with E-state index in [0.717, 1.165) is 37.1 Å². The number of hydrogen-bond donors (Lipinski definition) is 2. The highest BCUT2D eigenvalue weighted by Crippen LogP contribution is 2.37. The van der Waals surface area contributed by atoms with Crippen molar-refractivity contribution in [3.8, 4) is 0 Å². The van der Waals surface area contributed by atoms with Crippen LogP contribution in [0.1, 0.15) is 31.7 Å². The van der Waals surface area contributed by atoms with Crippen LogP contribution in [0.5, 0.6) is 0 Å². The third-order valence-corrected chi connectivity index (χ3v) is 4.69. The monoisotopic (exact) mass is 336 g/mol. The van der Waals surface area contributed by atoms with Crippen molar-refractivity contribution in [2.75, 3.05) is 25.1 Å². The first-order chi connectivity index (χ1) is 11.6. The maximum Gasteiger partial charge on any atom is 0.221 e. The Balaban J connectivity index is 1.42. The van der Waals surface area contributed by atoms with Gasteiger partial charge >= 0.3 is 0 Å². The molecule has 0 radical (unpaired) electrons. The van der Waals surface area contributed by atoms with Crippen LogP contribution < -0.4 is 10.6 Å². The molecule has 1 spiro atoms. The molecule has 0 aromatic heterocycles. The third kappa shape index (κ3) is 4.32. The largest absolute Gasteiger partial charge is 0.347 e. The van der Waals surface area contributed by atoms with Gasteiger partial charge in [0.15, 0.2) is 5.79 Å². The Kier molecular flexibility index (Phi) is 5.48. The van der Waals surface area contributed by atoms with Gasteiger partial charge in [0.2, 0.25) is 5.91 Å². The molecule has 1 heterocycles. The maximum atomic E-state index is 14.4. The Morgan fingerprint density at radius 3 is 2.62 bits per heavy atom. The minimum absolute atomic E-state index is 0.0799. The summed E-state index contributed by atoms with van der Waals surface area (Å²) < 4.78 is 25.6. The van der Waals surface area contributed by atoms with Crippen LogP contribution in [-0.2, 0) is 20.7 Å². The Morgan fingerprint density at radius 2 is 2.00 bits per heavy atom. The van der Waals surface area contributed by atoms with E-state index < -0.39 is 12.0 Å². The van der Waals surface area contributed by atoms with E-state index >= 15 is 0 Å². The average Bonchev–Trinajstić information content (AvgIpc) is 2.99. The molecule has 1 aliphatic carbocycles. The number of halogens is 1. The number of amides is 1. The van der Waals surface area contributed by atoms with Gasteiger partial charge in [-0.1, -0.05) is 12.1 Å². The summed E-state index contributed by atoms with van der Waals surface area (Å²) in [5.41, 5.74) is 1.94. The second-order valence-corrected chi connectivity index (χ2v) is 6.56. The number of carbonyl (C=O) groups is 1. The Morgan fingerprint density at radius 1 is 1.29 bits per heavy atom. The molecule has 1 aromatic carbocycles. The molecular weight excluding hydrogens is 311 g/mol. The summed E-state index contributed by atoms with van der Waals surface area (Å²) in [6.07, 6.45) is 1.66. The van der Waals surface area contributed by atoms with Gasteiger partial charge in [-0.2, -0.15) is 0 Å². The molecule has 1 amide bonds. The van der Waals surface area contributed by atoms with Crippen molar-refractivity contribution >= 4 is 11.6 Å². The first-order valence-electron chi connectivity index (χ1n) is 8.58. The van der Waals surface area contributed by atoms with Crippen LogP contribution in [0, 0.1) is 0 Å². The van der Waals surface area contributed by atoms with Crippen LogP contribution in [-0.4, -0.2) is 43.7 Å². The van der Waals surface area contributed by atoms with Crippen molar-refractivity contribution in [1.82, 2.24) is 5.32 Å². The van der Waals surface area contributed by atoms with Crippen LogP contribution in [0.25, 0.3) is 0 Å². The molecule has 1 saturated carbocycles. The second kappa shape index (κ2) is 7.59. The lowest BCUT2D eigenvalue weighted by Crippen LogP contribution is -2.49. The first kappa shape index (κ1) is 17.3. The van der Waals surface area contributed by atoms with Gasteiger partial charge < -0.3 is 20.1 Å². The van der Waals surface area contributed by atoms with Gasteiger partial charge in [-0.15, -0.1) is 0 Å². The van der Waals surface area contributed by atoms with Gasteiger partial charge in [0.1, 0.15) is 6.17 Å². The van der Waals surface area contributed by atoms with Crippen LogP contribution >= 0.6 is 0 Å². The lowest BCUT2D eigenvalue weighted by Gasteiger charge is -2.38. The number of carbonyl (C=O) groups excluding carboxylic acids is 1. The summed E-state index contributed by atoms with van der Waals surface area (Å²) in [6.45, 7) is 3.35. The number of hydrogen-bond acceptors (Lipinski definition) is 4. The number of alkyl halides is 1. The average molecular weight is 336 g/mol. The summed E-state index contributed by atoms with van der Waals surface area (Å²) >= 11 is 0. The molecule has 0 bridgehead atoms. The quantitative estimate of drug-likeness (QED) is 0.867. The van der Waals surface area contributed by atoms with Crippen LogP contribution in [0.15, 0.2) is 24.3 Å². The fraction of sp³-hybridized carbons (Fsp3) is 0.611. The zero-order valence-corrected chi connectivity index (χ0v) is 14.0. The smallest absolute Gasteiger partial charge is 0.221 e. The highest BCUT2D eigenvalue weighted by atomic mass is 19.1. The molecule has 2 fully saturated rings. The molecule has 2 atom stereocenters. The fourth-order valence-corrected chi connectivity index (χ4v) is 3.45. The Bertz CT molecular complexity index is 558. The van der Waals surface area contributed by atoms with E-state index in [9.17, 15) is 9.18 Å². The summed E-state index contributed by atoms with van der Waals surface area (Å²) in [6, 6.07) is 7.59. The number of benzene rings is 1. The van der Waals surface area contributed by atoms with E-state index in [1.807, 2.05) is 24.3 Å². The number of anilines is 1. The normalized spacial score (nSPS) is 25.8. The molecule has 2 aliphatic rings. The number of rotatable bonds is 5. The predicted octanol–water partition coefficient (Wildman–Crippen LogP) is 2.41. The molecule has 6 heteroatoms. The number of ether oxygens (including phenoxy) is 2. The summed E-state index contributed by atoms with van der Waals surface area (Å²) in [5.74, 6) is -0.749. The molecule has 24 heavy (non-hydrogen) atoms. The zero-order valence-electron chi connectivity index (χ0n) is 14.0. The van der Waals surface area contributed by atoms with E-state index in [4.69, 9.17) is 9.47 Å². The topological polar surface area (TPSA) is 59.6 Å². The minimum atomic E-state index is -0.945. The van der Waals surface area contributed by atoms with Crippen molar-refractivity contribution in [3.05, 3.63) is 29.8 Å². The SMILES string of the molecule is CC(=O)Nc1ccc(CCNC2CCC3(CC2F)OCCO3)cc1. The summed E-state index contributed by atoms with van der Waals surface area (Å²) in [5, 5.41) is 6.06. The van der Waals surface area contributed by atoms with E-state index in [-0.39, 0.29) is 11.9 Å². The van der Waals surface area contributed by atoms with Crippen molar-refractivity contribution in [2.24, 2.45) is 0 Å². The van der Waals surface area contributed by atoms with E-state index in [1.54, 1.807) is 0 Å². The van der Waals surface area contributed by atoms with Crippen LogP contribution in [0.3, 0.4) is 0 Å². The van der Waals surface area contributed by atoms with Crippen molar-refractivity contribution in [1.29, 1.82) is 0 Å².